The number of carbonyl (C=O) groups is 1. The Kier molecular flexibility index (Phi) is 5.85. The number of carboxylic acid groups (broad SMARTS) is 1. The van der Waals surface area contributed by atoms with Gasteiger partial charge in [0.1, 0.15) is 0 Å². The zero-order chi connectivity index (χ0) is 14.5. The lowest BCUT2D eigenvalue weighted by Gasteiger charge is -2.41. The highest BCUT2D eigenvalue weighted by atomic mass is 16.5. The Balaban J connectivity index is 1.95. The molecule has 1 aliphatic carbocycles. The minimum absolute atomic E-state index is 0.178. The van der Waals surface area contributed by atoms with E-state index in [9.17, 15) is 9.90 Å². The standard InChI is InChI=1S/C16H29NO3/c1-3-12-4-5-14(16(18)19)15(10-12)17(2)11-13-6-8-20-9-7-13/h12-15H,3-11H2,1-2H3,(H,18,19). The van der Waals surface area contributed by atoms with Gasteiger partial charge in [0.25, 0.3) is 0 Å². The second kappa shape index (κ2) is 7.41. The number of hydrogen-bond acceptors (Lipinski definition) is 3. The van der Waals surface area contributed by atoms with E-state index >= 15 is 0 Å². The van der Waals surface area contributed by atoms with Crippen molar-refractivity contribution in [3.05, 3.63) is 0 Å². The van der Waals surface area contributed by atoms with Gasteiger partial charge in [-0.2, -0.15) is 0 Å². The minimum atomic E-state index is -0.608. The van der Waals surface area contributed by atoms with Crippen LogP contribution in [0.2, 0.25) is 0 Å². The highest BCUT2D eigenvalue weighted by molar-refractivity contribution is 5.71. The van der Waals surface area contributed by atoms with E-state index in [2.05, 4.69) is 18.9 Å². The van der Waals surface area contributed by atoms with Crippen molar-refractivity contribution in [1.82, 2.24) is 4.90 Å². The number of rotatable bonds is 5. The van der Waals surface area contributed by atoms with Crippen LogP contribution in [0, 0.1) is 17.8 Å². The molecule has 1 saturated heterocycles. The molecule has 3 unspecified atom stereocenters. The van der Waals surface area contributed by atoms with Crippen molar-refractivity contribution in [3.63, 3.8) is 0 Å². The maximum Gasteiger partial charge on any atom is 0.308 e. The van der Waals surface area contributed by atoms with Gasteiger partial charge in [0.05, 0.1) is 5.92 Å². The smallest absolute Gasteiger partial charge is 0.308 e. The van der Waals surface area contributed by atoms with E-state index in [4.69, 9.17) is 4.74 Å². The van der Waals surface area contributed by atoms with E-state index < -0.39 is 5.97 Å². The van der Waals surface area contributed by atoms with Crippen molar-refractivity contribution in [2.45, 2.75) is 51.5 Å². The molecular formula is C16H29NO3. The van der Waals surface area contributed by atoms with Gasteiger partial charge >= 0.3 is 5.97 Å². The molecule has 0 aromatic rings. The highest BCUT2D eigenvalue weighted by Gasteiger charge is 2.37. The average molecular weight is 283 g/mol. The Morgan fingerprint density at radius 1 is 1.20 bits per heavy atom. The summed E-state index contributed by atoms with van der Waals surface area (Å²) in [5.74, 6) is 0.587. The maximum absolute atomic E-state index is 11.5. The summed E-state index contributed by atoms with van der Waals surface area (Å²) in [6.07, 6.45) is 6.38. The average Bonchev–Trinajstić information content (AvgIpc) is 2.47. The first-order valence-corrected chi connectivity index (χ1v) is 8.12. The topological polar surface area (TPSA) is 49.8 Å². The van der Waals surface area contributed by atoms with Crippen molar-refractivity contribution in [2.24, 2.45) is 17.8 Å². The highest BCUT2D eigenvalue weighted by Crippen LogP contribution is 2.34. The fourth-order valence-electron chi connectivity index (χ4n) is 3.85. The molecule has 1 aliphatic heterocycles. The Morgan fingerprint density at radius 2 is 1.90 bits per heavy atom. The normalized spacial score (nSPS) is 32.5. The van der Waals surface area contributed by atoms with Crippen LogP contribution in [0.4, 0.5) is 0 Å². The SMILES string of the molecule is CCC1CCC(C(=O)O)C(N(C)CC2CCOCC2)C1. The molecule has 2 fully saturated rings. The second-order valence-electron chi connectivity index (χ2n) is 6.59. The molecule has 0 aromatic heterocycles. The molecule has 2 aliphatic rings. The molecular weight excluding hydrogens is 254 g/mol. The zero-order valence-corrected chi connectivity index (χ0v) is 12.9. The van der Waals surface area contributed by atoms with Crippen LogP contribution in [-0.2, 0) is 9.53 Å². The summed E-state index contributed by atoms with van der Waals surface area (Å²) in [6, 6.07) is 0.217. The minimum Gasteiger partial charge on any atom is -0.481 e. The number of hydrogen-bond donors (Lipinski definition) is 1. The van der Waals surface area contributed by atoms with Crippen molar-refractivity contribution in [2.75, 3.05) is 26.8 Å². The van der Waals surface area contributed by atoms with Crippen molar-refractivity contribution < 1.29 is 14.6 Å². The summed E-state index contributed by atoms with van der Waals surface area (Å²) in [5, 5.41) is 9.48. The van der Waals surface area contributed by atoms with Crippen LogP contribution in [0.15, 0.2) is 0 Å². The maximum atomic E-state index is 11.5. The molecule has 0 radical (unpaired) electrons. The van der Waals surface area contributed by atoms with E-state index in [0.29, 0.717) is 11.8 Å². The van der Waals surface area contributed by atoms with Crippen molar-refractivity contribution in [3.8, 4) is 0 Å². The monoisotopic (exact) mass is 283 g/mol. The van der Waals surface area contributed by atoms with Crippen LogP contribution >= 0.6 is 0 Å². The third kappa shape index (κ3) is 3.95. The van der Waals surface area contributed by atoms with Crippen LogP contribution in [0.25, 0.3) is 0 Å². The molecule has 116 valence electrons. The molecule has 1 N–H and O–H groups in total. The summed E-state index contributed by atoms with van der Waals surface area (Å²) in [5.41, 5.74) is 0. The quantitative estimate of drug-likeness (QED) is 0.842. The van der Waals surface area contributed by atoms with Gasteiger partial charge in [-0.05, 0) is 51.0 Å². The van der Waals surface area contributed by atoms with Crippen molar-refractivity contribution >= 4 is 5.97 Å². The van der Waals surface area contributed by atoms with Crippen LogP contribution in [0.5, 0.6) is 0 Å². The molecule has 0 aromatic carbocycles. The molecule has 4 nitrogen and oxygen atoms in total. The van der Waals surface area contributed by atoms with Gasteiger partial charge in [0.15, 0.2) is 0 Å². The molecule has 1 saturated carbocycles. The fourth-order valence-corrected chi connectivity index (χ4v) is 3.85. The van der Waals surface area contributed by atoms with Crippen LogP contribution < -0.4 is 0 Å². The third-order valence-corrected chi connectivity index (χ3v) is 5.27. The van der Waals surface area contributed by atoms with E-state index in [-0.39, 0.29) is 12.0 Å². The number of aliphatic carboxylic acids is 1. The Hall–Kier alpha value is -0.610. The van der Waals surface area contributed by atoms with Crippen LogP contribution in [0.3, 0.4) is 0 Å². The van der Waals surface area contributed by atoms with E-state index in [0.717, 1.165) is 51.9 Å². The molecule has 3 atom stereocenters. The fraction of sp³-hybridized carbons (Fsp3) is 0.938. The van der Waals surface area contributed by atoms with Gasteiger partial charge in [0.2, 0.25) is 0 Å². The van der Waals surface area contributed by atoms with Gasteiger partial charge in [-0.3, -0.25) is 4.79 Å². The molecule has 0 amide bonds. The Morgan fingerprint density at radius 3 is 2.50 bits per heavy atom. The summed E-state index contributed by atoms with van der Waals surface area (Å²) < 4.78 is 5.41. The third-order valence-electron chi connectivity index (χ3n) is 5.27. The van der Waals surface area contributed by atoms with Crippen molar-refractivity contribution in [1.29, 1.82) is 0 Å². The number of ether oxygens (including phenoxy) is 1. The first-order chi connectivity index (χ1) is 9.61. The summed E-state index contributed by atoms with van der Waals surface area (Å²) >= 11 is 0. The van der Waals surface area contributed by atoms with Crippen LogP contribution in [-0.4, -0.2) is 48.8 Å². The predicted octanol–water partition coefficient (Wildman–Crippen LogP) is 2.62. The van der Waals surface area contributed by atoms with Gasteiger partial charge < -0.3 is 14.7 Å². The largest absolute Gasteiger partial charge is 0.481 e. The Bertz CT molecular complexity index is 315. The molecule has 1 heterocycles. The summed E-state index contributed by atoms with van der Waals surface area (Å²) in [4.78, 5) is 13.8. The lowest BCUT2D eigenvalue weighted by molar-refractivity contribution is -0.146. The lowest BCUT2D eigenvalue weighted by Crippen LogP contribution is -2.47. The molecule has 2 rings (SSSR count). The van der Waals surface area contributed by atoms with E-state index in [1.807, 2.05) is 0 Å². The first kappa shape index (κ1) is 15.8. The lowest BCUT2D eigenvalue weighted by atomic mass is 9.76. The molecule has 0 spiro atoms. The molecule has 4 heteroatoms. The van der Waals surface area contributed by atoms with E-state index in [1.165, 1.54) is 6.42 Å². The number of nitrogens with zero attached hydrogens (tertiary/aromatic N) is 1. The molecule has 20 heavy (non-hydrogen) atoms. The van der Waals surface area contributed by atoms with Crippen LogP contribution in [0.1, 0.15) is 45.4 Å². The Labute approximate surface area is 122 Å². The van der Waals surface area contributed by atoms with Gasteiger partial charge in [0, 0.05) is 25.8 Å². The number of carboxylic acids is 1. The second-order valence-corrected chi connectivity index (χ2v) is 6.59. The van der Waals surface area contributed by atoms with Gasteiger partial charge in [-0.25, -0.2) is 0 Å². The van der Waals surface area contributed by atoms with Gasteiger partial charge in [-0.15, -0.1) is 0 Å². The zero-order valence-electron chi connectivity index (χ0n) is 12.9. The van der Waals surface area contributed by atoms with Gasteiger partial charge in [-0.1, -0.05) is 13.3 Å². The summed E-state index contributed by atoms with van der Waals surface area (Å²) in [7, 11) is 2.12. The molecule has 0 bridgehead atoms. The summed E-state index contributed by atoms with van der Waals surface area (Å²) in [6.45, 7) is 4.97. The first-order valence-electron chi connectivity index (χ1n) is 8.12. The van der Waals surface area contributed by atoms with E-state index in [1.54, 1.807) is 0 Å². The predicted molar refractivity (Wildman–Crippen MR) is 78.7 cm³/mol.